The highest BCUT2D eigenvalue weighted by Crippen LogP contribution is 2.28. The molecule has 0 radical (unpaired) electrons. The number of nitrogens with one attached hydrogen (secondary N) is 1. The Morgan fingerprint density at radius 2 is 2.29 bits per heavy atom. The molecule has 1 saturated carbocycles. The summed E-state index contributed by atoms with van der Waals surface area (Å²) in [5.74, 6) is 0.913. The van der Waals surface area contributed by atoms with Crippen molar-refractivity contribution in [2.24, 2.45) is 5.92 Å². The molecule has 0 saturated heterocycles. The second-order valence-corrected chi connectivity index (χ2v) is 6.07. The molecule has 0 unspecified atom stereocenters. The standard InChI is InChI=1S/C15H22ClN3O2/c1-3-4-17-14-13(16)7-11(8-18-14)15(21)19(2)9-10-5-12(20)6-10/h7-8,10,12,20H,3-6,9H2,1-2H3,(H,17,18). The van der Waals surface area contributed by atoms with E-state index in [9.17, 15) is 9.90 Å². The van der Waals surface area contributed by atoms with Crippen molar-refractivity contribution in [3.8, 4) is 0 Å². The van der Waals surface area contributed by atoms with Crippen molar-refractivity contribution in [2.45, 2.75) is 32.3 Å². The van der Waals surface area contributed by atoms with Crippen molar-refractivity contribution in [3.05, 3.63) is 22.8 Å². The lowest BCUT2D eigenvalue weighted by atomic mass is 9.82. The van der Waals surface area contributed by atoms with Crippen molar-refractivity contribution in [2.75, 3.05) is 25.5 Å². The number of halogens is 1. The molecule has 0 aromatic carbocycles. The molecule has 116 valence electrons. The predicted octanol–water partition coefficient (Wildman–Crippen LogP) is 2.40. The predicted molar refractivity (Wildman–Crippen MR) is 83.7 cm³/mol. The Morgan fingerprint density at radius 1 is 1.57 bits per heavy atom. The van der Waals surface area contributed by atoms with Crippen LogP contribution in [0.1, 0.15) is 36.5 Å². The topological polar surface area (TPSA) is 65.5 Å². The molecule has 1 aliphatic rings. The van der Waals surface area contributed by atoms with Crippen molar-refractivity contribution in [3.63, 3.8) is 0 Å². The second kappa shape index (κ2) is 7.09. The molecule has 1 amide bonds. The summed E-state index contributed by atoms with van der Waals surface area (Å²) in [6.07, 6.45) is 3.89. The molecule has 1 heterocycles. The van der Waals surface area contributed by atoms with Crippen LogP contribution in [0.5, 0.6) is 0 Å². The minimum Gasteiger partial charge on any atom is -0.393 e. The summed E-state index contributed by atoms with van der Waals surface area (Å²) in [7, 11) is 1.77. The number of aromatic nitrogens is 1. The molecule has 0 aliphatic heterocycles. The number of pyridine rings is 1. The number of rotatable bonds is 6. The van der Waals surface area contributed by atoms with Crippen LogP contribution in [0.25, 0.3) is 0 Å². The van der Waals surface area contributed by atoms with E-state index in [0.717, 1.165) is 25.8 Å². The van der Waals surface area contributed by atoms with Crippen molar-refractivity contribution >= 4 is 23.3 Å². The Morgan fingerprint density at radius 3 is 2.86 bits per heavy atom. The van der Waals surface area contributed by atoms with Crippen LogP contribution >= 0.6 is 11.6 Å². The van der Waals surface area contributed by atoms with Gasteiger partial charge < -0.3 is 15.3 Å². The third kappa shape index (κ3) is 4.08. The fourth-order valence-electron chi connectivity index (χ4n) is 2.47. The van der Waals surface area contributed by atoms with E-state index in [4.69, 9.17) is 11.6 Å². The minimum absolute atomic E-state index is 0.0900. The Hall–Kier alpha value is -1.33. The Balaban J connectivity index is 1.96. The van der Waals surface area contributed by atoms with E-state index in [1.165, 1.54) is 0 Å². The van der Waals surface area contributed by atoms with Crippen LogP contribution < -0.4 is 5.32 Å². The molecule has 1 aromatic rings. The fraction of sp³-hybridized carbons (Fsp3) is 0.600. The lowest BCUT2D eigenvalue weighted by Gasteiger charge is -2.34. The number of hydrogen-bond acceptors (Lipinski definition) is 4. The van der Waals surface area contributed by atoms with E-state index in [0.29, 0.717) is 28.9 Å². The quantitative estimate of drug-likeness (QED) is 0.846. The van der Waals surface area contributed by atoms with E-state index >= 15 is 0 Å². The first kappa shape index (κ1) is 16.0. The lowest BCUT2D eigenvalue weighted by molar-refractivity contribution is 0.0265. The van der Waals surface area contributed by atoms with Gasteiger partial charge in [0.15, 0.2) is 0 Å². The molecule has 5 nitrogen and oxygen atoms in total. The third-order valence-corrected chi connectivity index (χ3v) is 4.01. The maximum absolute atomic E-state index is 12.3. The van der Waals surface area contributed by atoms with Gasteiger partial charge in [-0.15, -0.1) is 0 Å². The van der Waals surface area contributed by atoms with Gasteiger partial charge in [0.2, 0.25) is 0 Å². The van der Waals surface area contributed by atoms with Gasteiger partial charge in [0.05, 0.1) is 16.7 Å². The summed E-state index contributed by atoms with van der Waals surface area (Å²) in [4.78, 5) is 18.2. The molecule has 6 heteroatoms. The fourth-order valence-corrected chi connectivity index (χ4v) is 2.70. The zero-order valence-corrected chi connectivity index (χ0v) is 13.2. The van der Waals surface area contributed by atoms with Crippen molar-refractivity contribution in [1.82, 2.24) is 9.88 Å². The summed E-state index contributed by atoms with van der Waals surface area (Å²) in [5.41, 5.74) is 0.490. The molecular weight excluding hydrogens is 290 g/mol. The first-order valence-corrected chi connectivity index (χ1v) is 7.72. The van der Waals surface area contributed by atoms with E-state index < -0.39 is 0 Å². The molecule has 21 heavy (non-hydrogen) atoms. The van der Waals surface area contributed by atoms with Gasteiger partial charge in [-0.25, -0.2) is 4.98 Å². The molecule has 1 aliphatic carbocycles. The van der Waals surface area contributed by atoms with Crippen LogP contribution in [-0.4, -0.2) is 47.1 Å². The summed E-state index contributed by atoms with van der Waals surface area (Å²) < 4.78 is 0. The monoisotopic (exact) mass is 311 g/mol. The van der Waals surface area contributed by atoms with Gasteiger partial charge in [-0.05, 0) is 31.2 Å². The molecule has 1 aromatic heterocycles. The van der Waals surface area contributed by atoms with Gasteiger partial charge in [-0.3, -0.25) is 4.79 Å². The van der Waals surface area contributed by atoms with Crippen LogP contribution in [0, 0.1) is 5.92 Å². The number of carbonyl (C=O) groups is 1. The highest BCUT2D eigenvalue weighted by molar-refractivity contribution is 6.33. The molecule has 2 N–H and O–H groups in total. The Bertz CT molecular complexity index is 504. The molecule has 0 bridgehead atoms. The average Bonchev–Trinajstić information content (AvgIpc) is 2.43. The number of carbonyl (C=O) groups excluding carboxylic acids is 1. The minimum atomic E-state index is -0.196. The largest absolute Gasteiger partial charge is 0.393 e. The van der Waals surface area contributed by atoms with Crippen LogP contribution in [0.15, 0.2) is 12.3 Å². The number of nitrogens with zero attached hydrogens (tertiary/aromatic N) is 2. The second-order valence-electron chi connectivity index (χ2n) is 5.66. The Labute approximate surface area is 130 Å². The number of aliphatic hydroxyl groups excluding tert-OH is 1. The maximum Gasteiger partial charge on any atom is 0.255 e. The zero-order valence-electron chi connectivity index (χ0n) is 12.5. The summed E-state index contributed by atoms with van der Waals surface area (Å²) in [6.45, 7) is 3.51. The van der Waals surface area contributed by atoms with Crippen LogP contribution in [0.3, 0.4) is 0 Å². The third-order valence-electron chi connectivity index (χ3n) is 3.72. The summed E-state index contributed by atoms with van der Waals surface area (Å²) in [6, 6.07) is 1.65. The van der Waals surface area contributed by atoms with Gasteiger partial charge in [-0.1, -0.05) is 18.5 Å². The van der Waals surface area contributed by atoms with Gasteiger partial charge >= 0.3 is 0 Å². The SMILES string of the molecule is CCCNc1ncc(C(=O)N(C)CC2CC(O)C2)cc1Cl. The van der Waals surface area contributed by atoms with Gasteiger partial charge in [0.1, 0.15) is 5.82 Å². The van der Waals surface area contributed by atoms with E-state index in [1.54, 1.807) is 24.2 Å². The van der Waals surface area contributed by atoms with Crippen LogP contribution in [0.4, 0.5) is 5.82 Å². The van der Waals surface area contributed by atoms with Crippen molar-refractivity contribution in [1.29, 1.82) is 0 Å². The molecule has 0 spiro atoms. The first-order chi connectivity index (χ1) is 10.0. The number of hydrogen-bond donors (Lipinski definition) is 2. The normalized spacial score (nSPS) is 20.8. The average molecular weight is 312 g/mol. The Kier molecular flexibility index (Phi) is 5.42. The molecular formula is C15H22ClN3O2. The highest BCUT2D eigenvalue weighted by Gasteiger charge is 2.29. The van der Waals surface area contributed by atoms with Crippen LogP contribution in [-0.2, 0) is 0 Å². The van der Waals surface area contributed by atoms with E-state index in [2.05, 4.69) is 17.2 Å². The van der Waals surface area contributed by atoms with Crippen molar-refractivity contribution < 1.29 is 9.90 Å². The van der Waals surface area contributed by atoms with E-state index in [-0.39, 0.29) is 12.0 Å². The number of amides is 1. The highest BCUT2D eigenvalue weighted by atomic mass is 35.5. The zero-order chi connectivity index (χ0) is 15.4. The van der Waals surface area contributed by atoms with Gasteiger partial charge in [-0.2, -0.15) is 0 Å². The van der Waals surface area contributed by atoms with E-state index in [1.807, 2.05) is 0 Å². The molecule has 1 fully saturated rings. The first-order valence-electron chi connectivity index (χ1n) is 7.34. The smallest absolute Gasteiger partial charge is 0.255 e. The number of aliphatic hydroxyl groups is 1. The molecule has 2 rings (SSSR count). The summed E-state index contributed by atoms with van der Waals surface area (Å²) >= 11 is 6.15. The van der Waals surface area contributed by atoms with Crippen LogP contribution in [0.2, 0.25) is 5.02 Å². The van der Waals surface area contributed by atoms with Gasteiger partial charge in [0.25, 0.3) is 5.91 Å². The molecule has 0 atom stereocenters. The summed E-state index contributed by atoms with van der Waals surface area (Å²) in [5, 5.41) is 12.9. The maximum atomic E-state index is 12.3. The van der Waals surface area contributed by atoms with Gasteiger partial charge in [0, 0.05) is 26.3 Å². The lowest BCUT2D eigenvalue weighted by Crippen LogP contribution is -2.39. The number of anilines is 1.